The van der Waals surface area contributed by atoms with E-state index >= 15 is 0 Å². The maximum absolute atomic E-state index is 14.0. The first-order chi connectivity index (χ1) is 16.5. The molecule has 0 fully saturated rings. The number of rotatable bonds is 8. The number of benzene rings is 2. The van der Waals surface area contributed by atoms with E-state index in [1.807, 2.05) is 26.8 Å². The number of anilines is 1. The van der Waals surface area contributed by atoms with Crippen molar-refractivity contribution in [3.8, 4) is 0 Å². The van der Waals surface area contributed by atoms with Crippen LogP contribution in [0.5, 0.6) is 0 Å². The van der Waals surface area contributed by atoms with Gasteiger partial charge in [-0.25, -0.2) is 18.0 Å². The molecule has 3 nitrogen and oxygen atoms in total. The number of fused-ring (bicyclic) bond motifs is 1. The second-order valence-corrected chi connectivity index (χ2v) is 9.76. The molecule has 0 bridgehead atoms. The molecule has 1 aliphatic heterocycles. The van der Waals surface area contributed by atoms with Crippen molar-refractivity contribution < 1.29 is 18.0 Å². The summed E-state index contributed by atoms with van der Waals surface area (Å²) in [4.78, 5) is 13.5. The fourth-order valence-corrected chi connectivity index (χ4v) is 4.58. The van der Waals surface area contributed by atoms with Crippen molar-refractivity contribution in [3.05, 3.63) is 89.8 Å². The Hall–Kier alpha value is -2.73. The number of allylic oxidation sites excluding steroid dienone is 3. The van der Waals surface area contributed by atoms with E-state index < -0.39 is 30.4 Å². The quantitative estimate of drug-likeness (QED) is 0.282. The Morgan fingerprint density at radius 1 is 1.26 bits per heavy atom. The number of nitrogens with zero attached hydrogens (tertiary/aromatic N) is 1. The van der Waals surface area contributed by atoms with Gasteiger partial charge in [-0.2, -0.15) is 0 Å². The highest BCUT2D eigenvalue weighted by Gasteiger charge is 2.48. The van der Waals surface area contributed by atoms with Crippen molar-refractivity contribution in [1.29, 1.82) is 0 Å². The number of carbonyl (C=O) groups excluding carboxylic acids is 1. The smallest absolute Gasteiger partial charge is 0.307 e. The summed E-state index contributed by atoms with van der Waals surface area (Å²) in [5.74, 6) is -0.469. The number of carbonyl (C=O) groups is 1. The molecular formula is C28H34ClF3N2O. The van der Waals surface area contributed by atoms with Gasteiger partial charge in [-0.15, -0.1) is 18.2 Å². The molecule has 0 aromatic heterocycles. The molecule has 3 rings (SSSR count). The van der Waals surface area contributed by atoms with E-state index in [0.717, 1.165) is 11.3 Å². The fraction of sp³-hybridized carbons (Fsp3) is 0.393. The molecule has 2 aromatic rings. The SMILES string of the molecule is C=CC(C)(Cl)C/C(C)=C\C.CCCC1(c2ccccc2)c2cc(F)ccc2NC(=O)N1CC(F)F. The first-order valence-corrected chi connectivity index (χ1v) is 12.0. The van der Waals surface area contributed by atoms with Crippen molar-refractivity contribution in [2.75, 3.05) is 11.9 Å². The summed E-state index contributed by atoms with van der Waals surface area (Å²) in [5, 5.41) is 2.61. The number of hydrogen-bond acceptors (Lipinski definition) is 1. The number of halogens is 4. The lowest BCUT2D eigenvalue weighted by Gasteiger charge is -2.48. The van der Waals surface area contributed by atoms with Crippen LogP contribution in [0.2, 0.25) is 0 Å². The third-order valence-electron chi connectivity index (χ3n) is 6.10. The predicted octanol–water partition coefficient (Wildman–Crippen LogP) is 8.51. The number of alkyl halides is 3. The molecule has 190 valence electrons. The van der Waals surface area contributed by atoms with E-state index in [9.17, 15) is 18.0 Å². The van der Waals surface area contributed by atoms with E-state index in [4.69, 9.17) is 11.6 Å². The molecule has 0 aliphatic carbocycles. The van der Waals surface area contributed by atoms with Gasteiger partial charge in [0.2, 0.25) is 0 Å². The zero-order valence-electron chi connectivity index (χ0n) is 20.8. The van der Waals surface area contributed by atoms with Crippen LogP contribution in [0.15, 0.2) is 72.8 Å². The van der Waals surface area contributed by atoms with Crippen LogP contribution in [0.4, 0.5) is 23.7 Å². The molecule has 0 saturated heterocycles. The zero-order chi connectivity index (χ0) is 26.2. The van der Waals surface area contributed by atoms with E-state index in [2.05, 4.69) is 24.9 Å². The lowest BCUT2D eigenvalue weighted by Crippen LogP contribution is -2.56. The van der Waals surface area contributed by atoms with Gasteiger partial charge in [-0.1, -0.05) is 61.4 Å². The summed E-state index contributed by atoms with van der Waals surface area (Å²) < 4.78 is 40.5. The average Bonchev–Trinajstić information content (AvgIpc) is 2.82. The van der Waals surface area contributed by atoms with Crippen LogP contribution < -0.4 is 5.32 Å². The Labute approximate surface area is 211 Å². The van der Waals surface area contributed by atoms with Crippen molar-refractivity contribution in [1.82, 2.24) is 4.90 Å². The first kappa shape index (κ1) is 28.5. The summed E-state index contributed by atoms with van der Waals surface area (Å²) in [7, 11) is 0. The van der Waals surface area contributed by atoms with Crippen molar-refractivity contribution in [2.45, 2.75) is 63.8 Å². The lowest BCUT2D eigenvalue weighted by atomic mass is 9.76. The Balaban J connectivity index is 0.000000367. The Morgan fingerprint density at radius 2 is 1.91 bits per heavy atom. The fourth-order valence-electron chi connectivity index (χ4n) is 4.37. The first-order valence-electron chi connectivity index (χ1n) is 11.7. The van der Waals surface area contributed by atoms with Gasteiger partial charge < -0.3 is 10.2 Å². The topological polar surface area (TPSA) is 32.3 Å². The minimum atomic E-state index is -2.69. The standard InChI is InChI=1S/C19H19F3N2O.C9H15Cl/c1-2-10-19(13-6-4-3-5-7-13)15-11-14(20)8-9-16(15)23-18(25)24(19)12-17(21)22;1-5-8(3)7-9(4,10)6-2/h3-9,11,17H,2,10,12H2,1H3,(H,23,25);5-6H,2,7H2,1,3-4H3/b;8-5-. The normalized spacial score (nSPS) is 19.3. The van der Waals surface area contributed by atoms with Crippen molar-refractivity contribution in [2.24, 2.45) is 0 Å². The maximum atomic E-state index is 14.0. The Bertz CT molecular complexity index is 1040. The highest BCUT2D eigenvalue weighted by Crippen LogP contribution is 2.46. The Morgan fingerprint density at radius 3 is 2.46 bits per heavy atom. The average molecular weight is 507 g/mol. The summed E-state index contributed by atoms with van der Waals surface area (Å²) >= 11 is 6.04. The maximum Gasteiger partial charge on any atom is 0.323 e. The molecular weight excluding hydrogens is 473 g/mol. The second kappa shape index (κ2) is 12.3. The van der Waals surface area contributed by atoms with Crippen LogP contribution in [0.3, 0.4) is 0 Å². The van der Waals surface area contributed by atoms with Crippen LogP contribution in [0.25, 0.3) is 0 Å². The van der Waals surface area contributed by atoms with Gasteiger partial charge in [0.05, 0.1) is 17.0 Å². The van der Waals surface area contributed by atoms with Gasteiger partial charge in [0.15, 0.2) is 0 Å². The number of amides is 2. The third kappa shape index (κ3) is 6.91. The Kier molecular flexibility index (Phi) is 10.0. The minimum Gasteiger partial charge on any atom is -0.307 e. The van der Waals surface area contributed by atoms with Crippen molar-refractivity contribution >= 4 is 23.3 Å². The van der Waals surface area contributed by atoms with Crippen molar-refractivity contribution in [3.63, 3.8) is 0 Å². The zero-order valence-corrected chi connectivity index (χ0v) is 21.5. The van der Waals surface area contributed by atoms with Crippen LogP contribution >= 0.6 is 11.6 Å². The number of hydrogen-bond donors (Lipinski definition) is 1. The molecule has 0 spiro atoms. The molecule has 0 radical (unpaired) electrons. The summed E-state index contributed by atoms with van der Waals surface area (Å²) in [5.41, 5.74) is 1.82. The van der Waals surface area contributed by atoms with Gasteiger partial charge in [-0.05, 0) is 57.4 Å². The molecule has 1 N–H and O–H groups in total. The second-order valence-electron chi connectivity index (χ2n) is 8.89. The van der Waals surface area contributed by atoms with Crippen LogP contribution in [-0.2, 0) is 5.54 Å². The number of nitrogens with one attached hydrogen (secondary N) is 1. The lowest BCUT2D eigenvalue weighted by molar-refractivity contribution is 0.0552. The number of urea groups is 1. The van der Waals surface area contributed by atoms with Crippen LogP contribution in [0, 0.1) is 5.82 Å². The molecule has 35 heavy (non-hydrogen) atoms. The van der Waals surface area contributed by atoms with Gasteiger partial charge in [0, 0.05) is 11.3 Å². The van der Waals surface area contributed by atoms with E-state index in [-0.39, 0.29) is 4.87 Å². The van der Waals surface area contributed by atoms with Crippen LogP contribution in [-0.4, -0.2) is 28.8 Å². The summed E-state index contributed by atoms with van der Waals surface area (Å²) in [6.45, 7) is 10.9. The molecule has 2 unspecified atom stereocenters. The van der Waals surface area contributed by atoms with Crippen LogP contribution in [0.1, 0.15) is 58.1 Å². The summed E-state index contributed by atoms with van der Waals surface area (Å²) in [6, 6.07) is 12.4. The molecule has 2 aromatic carbocycles. The molecule has 7 heteroatoms. The highest BCUT2D eigenvalue weighted by atomic mass is 35.5. The monoisotopic (exact) mass is 506 g/mol. The largest absolute Gasteiger partial charge is 0.323 e. The highest BCUT2D eigenvalue weighted by molar-refractivity contribution is 6.25. The molecule has 1 heterocycles. The van der Waals surface area contributed by atoms with E-state index in [0.29, 0.717) is 29.7 Å². The molecule has 0 saturated carbocycles. The molecule has 1 aliphatic rings. The predicted molar refractivity (Wildman–Crippen MR) is 139 cm³/mol. The van der Waals surface area contributed by atoms with Gasteiger partial charge in [0.1, 0.15) is 5.82 Å². The van der Waals surface area contributed by atoms with E-state index in [1.54, 1.807) is 30.3 Å². The molecule has 2 amide bonds. The van der Waals surface area contributed by atoms with Gasteiger partial charge in [-0.3, -0.25) is 0 Å². The van der Waals surface area contributed by atoms with Gasteiger partial charge in [0.25, 0.3) is 6.43 Å². The summed E-state index contributed by atoms with van der Waals surface area (Å²) in [6.07, 6.45) is 3.09. The molecule has 2 atom stereocenters. The third-order valence-corrected chi connectivity index (χ3v) is 6.39. The minimum absolute atomic E-state index is 0.267. The van der Waals surface area contributed by atoms with E-state index in [1.165, 1.54) is 23.8 Å². The van der Waals surface area contributed by atoms with Gasteiger partial charge >= 0.3 is 6.03 Å².